The van der Waals surface area contributed by atoms with Crippen LogP contribution < -0.4 is 20.0 Å². The second-order valence-corrected chi connectivity index (χ2v) is 6.75. The molecule has 7 heteroatoms. The van der Waals surface area contributed by atoms with Gasteiger partial charge in [-0.05, 0) is 49.8 Å². The first-order valence-electron chi connectivity index (χ1n) is 9.93. The average Bonchev–Trinajstić information content (AvgIpc) is 2.78. The summed E-state index contributed by atoms with van der Waals surface area (Å²) in [7, 11) is 2.83. The summed E-state index contributed by atoms with van der Waals surface area (Å²) in [4.78, 5) is 27.4. The SMILES string of the molecule is CCN(CC)c1ccc(/C=C/C(=O)c2c(O)c3ccc(OC)c(OC)c3oc2=O)cc1. The van der Waals surface area contributed by atoms with E-state index in [4.69, 9.17) is 13.9 Å². The number of carbonyl (C=O) groups excluding carboxylic acids is 1. The summed E-state index contributed by atoms with van der Waals surface area (Å²) in [6.07, 6.45) is 2.83. The van der Waals surface area contributed by atoms with Gasteiger partial charge >= 0.3 is 5.63 Å². The van der Waals surface area contributed by atoms with E-state index in [0.717, 1.165) is 24.3 Å². The van der Waals surface area contributed by atoms with E-state index in [0.29, 0.717) is 5.75 Å². The number of methoxy groups -OCH3 is 2. The Morgan fingerprint density at radius 1 is 1.06 bits per heavy atom. The van der Waals surface area contributed by atoms with Crippen LogP contribution in [0.2, 0.25) is 0 Å². The highest BCUT2D eigenvalue weighted by Gasteiger charge is 2.22. The monoisotopic (exact) mass is 423 g/mol. The molecule has 7 nitrogen and oxygen atoms in total. The molecule has 0 amide bonds. The molecular weight excluding hydrogens is 398 g/mol. The van der Waals surface area contributed by atoms with Gasteiger partial charge in [-0.2, -0.15) is 0 Å². The lowest BCUT2D eigenvalue weighted by atomic mass is 10.1. The Morgan fingerprint density at radius 3 is 2.32 bits per heavy atom. The normalized spacial score (nSPS) is 11.1. The van der Waals surface area contributed by atoms with Crippen LogP contribution in [0.1, 0.15) is 29.8 Å². The number of ether oxygens (including phenoxy) is 2. The molecule has 2 aromatic carbocycles. The highest BCUT2D eigenvalue weighted by molar-refractivity contribution is 6.11. The van der Waals surface area contributed by atoms with Crippen LogP contribution in [0.5, 0.6) is 17.2 Å². The predicted octanol–water partition coefficient (Wildman–Crippen LogP) is 4.26. The van der Waals surface area contributed by atoms with E-state index in [-0.39, 0.29) is 16.7 Å². The van der Waals surface area contributed by atoms with E-state index in [1.165, 1.54) is 26.4 Å². The van der Waals surface area contributed by atoms with Crippen LogP contribution >= 0.6 is 0 Å². The lowest BCUT2D eigenvalue weighted by Gasteiger charge is -2.20. The highest BCUT2D eigenvalue weighted by atomic mass is 16.5. The number of fused-ring (bicyclic) bond motifs is 1. The van der Waals surface area contributed by atoms with E-state index in [9.17, 15) is 14.7 Å². The Morgan fingerprint density at radius 2 is 1.74 bits per heavy atom. The molecule has 0 saturated heterocycles. The van der Waals surface area contributed by atoms with Gasteiger partial charge in [0.2, 0.25) is 5.75 Å². The maximum atomic E-state index is 12.7. The van der Waals surface area contributed by atoms with Gasteiger partial charge in [0.1, 0.15) is 11.3 Å². The summed E-state index contributed by atoms with van der Waals surface area (Å²) in [5.41, 5.74) is 0.502. The van der Waals surface area contributed by atoms with Crippen molar-refractivity contribution in [2.24, 2.45) is 0 Å². The Balaban J connectivity index is 1.95. The van der Waals surface area contributed by atoms with Crippen molar-refractivity contribution >= 4 is 28.5 Å². The third-order valence-corrected chi connectivity index (χ3v) is 5.09. The molecule has 0 aliphatic heterocycles. The molecule has 0 spiro atoms. The van der Waals surface area contributed by atoms with Crippen molar-refractivity contribution in [2.75, 3.05) is 32.2 Å². The molecule has 1 N–H and O–H groups in total. The quantitative estimate of drug-likeness (QED) is 0.329. The fraction of sp³-hybridized carbons (Fsp3) is 0.250. The lowest BCUT2D eigenvalue weighted by Crippen LogP contribution is -2.21. The Kier molecular flexibility index (Phi) is 6.65. The van der Waals surface area contributed by atoms with Gasteiger partial charge in [-0.25, -0.2) is 4.79 Å². The number of aromatic hydroxyl groups is 1. The number of ketones is 1. The topological polar surface area (TPSA) is 89.2 Å². The smallest absolute Gasteiger partial charge is 0.351 e. The maximum Gasteiger partial charge on any atom is 0.351 e. The largest absolute Gasteiger partial charge is 0.506 e. The van der Waals surface area contributed by atoms with Crippen LogP contribution in [0.4, 0.5) is 5.69 Å². The molecule has 1 heterocycles. The van der Waals surface area contributed by atoms with E-state index in [1.807, 2.05) is 24.3 Å². The summed E-state index contributed by atoms with van der Waals surface area (Å²) in [5.74, 6) is -0.616. The number of anilines is 1. The minimum Gasteiger partial charge on any atom is -0.506 e. The van der Waals surface area contributed by atoms with Crippen LogP contribution in [0.15, 0.2) is 51.7 Å². The molecule has 0 unspecified atom stereocenters. The summed E-state index contributed by atoms with van der Waals surface area (Å²) in [6, 6.07) is 10.8. The molecule has 0 fully saturated rings. The van der Waals surface area contributed by atoms with Crippen molar-refractivity contribution in [3.05, 3.63) is 64.0 Å². The molecule has 0 saturated carbocycles. The van der Waals surface area contributed by atoms with Gasteiger partial charge in [0.25, 0.3) is 0 Å². The summed E-state index contributed by atoms with van der Waals surface area (Å²) in [5, 5.41) is 10.8. The van der Waals surface area contributed by atoms with Crippen molar-refractivity contribution in [3.8, 4) is 17.2 Å². The van der Waals surface area contributed by atoms with Crippen molar-refractivity contribution < 1.29 is 23.8 Å². The summed E-state index contributed by atoms with van der Waals surface area (Å²) < 4.78 is 15.7. The van der Waals surface area contributed by atoms with Gasteiger partial charge in [0, 0.05) is 18.8 Å². The van der Waals surface area contributed by atoms with Crippen LogP contribution in [0, 0.1) is 0 Å². The van der Waals surface area contributed by atoms with Crippen LogP contribution in [-0.4, -0.2) is 38.2 Å². The highest BCUT2D eigenvalue weighted by Crippen LogP contribution is 2.39. The van der Waals surface area contributed by atoms with E-state index >= 15 is 0 Å². The molecule has 3 aromatic rings. The lowest BCUT2D eigenvalue weighted by molar-refractivity contribution is 0.104. The van der Waals surface area contributed by atoms with Gasteiger partial charge in [0.15, 0.2) is 17.1 Å². The molecule has 31 heavy (non-hydrogen) atoms. The van der Waals surface area contributed by atoms with Crippen molar-refractivity contribution in [1.82, 2.24) is 0 Å². The Labute approximate surface area is 180 Å². The number of hydrogen-bond acceptors (Lipinski definition) is 7. The number of rotatable bonds is 8. The fourth-order valence-corrected chi connectivity index (χ4v) is 3.42. The molecule has 0 aliphatic rings. The second kappa shape index (κ2) is 9.38. The molecular formula is C24H25NO6. The molecule has 162 valence electrons. The molecule has 0 atom stereocenters. The standard InChI is InChI=1S/C24H25NO6/c1-5-25(6-2)16-10-7-15(8-11-16)9-13-18(26)20-21(27)17-12-14-19(29-3)23(30-4)22(17)31-24(20)28/h7-14,27H,5-6H2,1-4H3/b13-9+. The number of allylic oxidation sites excluding steroid dienone is 1. The average molecular weight is 423 g/mol. The Hall–Kier alpha value is -3.74. The van der Waals surface area contributed by atoms with Crippen LogP contribution in [0.3, 0.4) is 0 Å². The van der Waals surface area contributed by atoms with Gasteiger partial charge in [-0.3, -0.25) is 4.79 Å². The summed E-state index contributed by atoms with van der Waals surface area (Å²) >= 11 is 0. The molecule has 0 aliphatic carbocycles. The Bertz CT molecular complexity index is 1170. The number of nitrogens with zero attached hydrogens (tertiary/aromatic N) is 1. The zero-order chi connectivity index (χ0) is 22.5. The second-order valence-electron chi connectivity index (χ2n) is 6.75. The van der Waals surface area contributed by atoms with E-state index in [1.54, 1.807) is 12.1 Å². The summed E-state index contributed by atoms with van der Waals surface area (Å²) in [6.45, 7) is 5.97. The molecule has 0 bridgehead atoms. The van der Waals surface area contributed by atoms with Gasteiger partial charge in [0.05, 0.1) is 19.6 Å². The molecule has 1 aromatic heterocycles. The van der Waals surface area contributed by atoms with Crippen molar-refractivity contribution in [3.63, 3.8) is 0 Å². The maximum absolute atomic E-state index is 12.7. The zero-order valence-corrected chi connectivity index (χ0v) is 18.0. The van der Waals surface area contributed by atoms with Gasteiger partial charge < -0.3 is 23.9 Å². The predicted molar refractivity (Wildman–Crippen MR) is 121 cm³/mol. The van der Waals surface area contributed by atoms with Crippen LogP contribution in [0.25, 0.3) is 17.0 Å². The number of hydrogen-bond donors (Lipinski definition) is 1. The van der Waals surface area contributed by atoms with Gasteiger partial charge in [-0.1, -0.05) is 18.2 Å². The minimum atomic E-state index is -0.955. The van der Waals surface area contributed by atoms with E-state index in [2.05, 4.69) is 18.7 Å². The number of benzene rings is 2. The third-order valence-electron chi connectivity index (χ3n) is 5.09. The molecule has 0 radical (unpaired) electrons. The molecule has 3 rings (SSSR count). The third kappa shape index (κ3) is 4.26. The fourth-order valence-electron chi connectivity index (χ4n) is 3.42. The first-order valence-corrected chi connectivity index (χ1v) is 9.93. The van der Waals surface area contributed by atoms with Crippen molar-refractivity contribution in [1.29, 1.82) is 0 Å². The number of carbonyl (C=O) groups is 1. The minimum absolute atomic E-state index is 0.0110. The van der Waals surface area contributed by atoms with E-state index < -0.39 is 22.7 Å². The zero-order valence-electron chi connectivity index (χ0n) is 18.0. The van der Waals surface area contributed by atoms with Crippen molar-refractivity contribution in [2.45, 2.75) is 13.8 Å². The van der Waals surface area contributed by atoms with Gasteiger partial charge in [-0.15, -0.1) is 0 Å². The first kappa shape index (κ1) is 22.0. The first-order chi connectivity index (χ1) is 14.9. The van der Waals surface area contributed by atoms with Crippen LogP contribution in [-0.2, 0) is 0 Å².